The van der Waals surface area contributed by atoms with E-state index >= 15 is 0 Å². The minimum absolute atomic E-state index is 0.00534. The van der Waals surface area contributed by atoms with E-state index < -0.39 is 0 Å². The average molecular weight is 500 g/mol. The van der Waals surface area contributed by atoms with Crippen molar-refractivity contribution in [1.29, 1.82) is 0 Å². The first-order valence-electron chi connectivity index (χ1n) is 12.1. The van der Waals surface area contributed by atoms with Gasteiger partial charge in [0.05, 0.1) is 35.7 Å². The third-order valence-electron chi connectivity index (χ3n) is 6.82. The van der Waals surface area contributed by atoms with Gasteiger partial charge in [-0.25, -0.2) is 9.97 Å². The summed E-state index contributed by atoms with van der Waals surface area (Å²) in [6.45, 7) is 6.85. The number of halogens is 1. The van der Waals surface area contributed by atoms with Gasteiger partial charge in [0.25, 0.3) is 5.91 Å². The molecule has 2 aromatic rings. The van der Waals surface area contributed by atoms with Gasteiger partial charge < -0.3 is 24.6 Å². The summed E-state index contributed by atoms with van der Waals surface area (Å²) in [6, 6.07) is 5.89. The van der Waals surface area contributed by atoms with Gasteiger partial charge in [-0.1, -0.05) is 23.7 Å². The highest BCUT2D eigenvalue weighted by atomic mass is 35.5. The van der Waals surface area contributed by atoms with Crippen LogP contribution >= 0.6 is 11.6 Å². The molecule has 1 N–H and O–H groups in total. The fourth-order valence-electron chi connectivity index (χ4n) is 4.80. The number of benzene rings is 1. The van der Waals surface area contributed by atoms with E-state index in [0.29, 0.717) is 55.1 Å². The Morgan fingerprint density at radius 2 is 2.06 bits per heavy atom. The van der Waals surface area contributed by atoms with Gasteiger partial charge in [-0.15, -0.1) is 0 Å². The quantitative estimate of drug-likeness (QED) is 0.675. The summed E-state index contributed by atoms with van der Waals surface area (Å²) in [7, 11) is 0. The van der Waals surface area contributed by atoms with Crippen LogP contribution in [0.25, 0.3) is 11.3 Å². The molecule has 9 nitrogen and oxygen atoms in total. The van der Waals surface area contributed by atoms with E-state index in [1.54, 1.807) is 11.1 Å². The fraction of sp³-hybridized carbons (Fsp3) is 0.520. The molecule has 186 valence electrons. The Morgan fingerprint density at radius 1 is 1.26 bits per heavy atom. The lowest BCUT2D eigenvalue weighted by molar-refractivity contribution is -0.143. The van der Waals surface area contributed by atoms with Crippen molar-refractivity contribution in [3.05, 3.63) is 40.5 Å². The maximum absolute atomic E-state index is 13.2. The molecule has 0 spiro atoms. The number of hydrogen-bond donors (Lipinski definition) is 1. The number of aromatic nitrogens is 2. The molecule has 5 rings (SSSR count). The first-order chi connectivity index (χ1) is 16.9. The summed E-state index contributed by atoms with van der Waals surface area (Å²) in [5, 5.41) is 3.77. The number of amides is 2. The smallest absolute Gasteiger partial charge is 0.254 e. The lowest BCUT2D eigenvalue weighted by Gasteiger charge is -2.37. The molecule has 2 saturated heterocycles. The van der Waals surface area contributed by atoms with Crippen molar-refractivity contribution in [3.63, 3.8) is 0 Å². The normalized spacial score (nSPS) is 22.9. The first-order valence-corrected chi connectivity index (χ1v) is 12.5. The molecule has 0 bridgehead atoms. The van der Waals surface area contributed by atoms with E-state index in [1.165, 1.54) is 0 Å². The van der Waals surface area contributed by atoms with Crippen molar-refractivity contribution < 1.29 is 19.1 Å². The number of ether oxygens (including phenoxy) is 2. The van der Waals surface area contributed by atoms with Gasteiger partial charge in [-0.2, -0.15) is 0 Å². The Kier molecular flexibility index (Phi) is 6.91. The van der Waals surface area contributed by atoms with Crippen molar-refractivity contribution in [2.75, 3.05) is 38.2 Å². The number of anilines is 1. The highest BCUT2D eigenvalue weighted by Crippen LogP contribution is 2.32. The van der Waals surface area contributed by atoms with E-state index in [-0.39, 0.29) is 36.5 Å². The molecule has 0 saturated carbocycles. The van der Waals surface area contributed by atoms with Gasteiger partial charge in [-0.05, 0) is 38.3 Å². The second kappa shape index (κ2) is 10.1. The van der Waals surface area contributed by atoms with Gasteiger partial charge in [0.2, 0.25) is 11.9 Å². The van der Waals surface area contributed by atoms with E-state index in [2.05, 4.69) is 15.3 Å². The second-order valence-electron chi connectivity index (χ2n) is 9.49. The minimum atomic E-state index is -0.158. The molecule has 0 radical (unpaired) electrons. The number of hydrogen-bond acceptors (Lipinski definition) is 7. The molecular formula is C25H30ClN5O4. The van der Waals surface area contributed by atoms with E-state index in [4.69, 9.17) is 21.1 Å². The third kappa shape index (κ3) is 5.12. The summed E-state index contributed by atoms with van der Waals surface area (Å²) in [6.07, 6.45) is 3.36. The highest BCUT2D eigenvalue weighted by Gasteiger charge is 2.33. The molecule has 2 atom stereocenters. The lowest BCUT2D eigenvalue weighted by Crippen LogP contribution is -2.53. The first kappa shape index (κ1) is 24.0. The standard InChI is InChI=1S/C25H30ClN5O4/c1-15-14-35-16(2)11-31(15)22(32)13-30-12-18-4-3-17(9-20(18)24(30)33)23-21(26)10-27-25(29-23)28-19-5-7-34-8-6-19/h3-4,9-10,15-16,19H,5-8,11-14H2,1-2H3,(H,27,28,29). The van der Waals surface area contributed by atoms with Crippen molar-refractivity contribution in [1.82, 2.24) is 19.8 Å². The number of fused-ring (bicyclic) bond motifs is 1. The Morgan fingerprint density at radius 3 is 2.86 bits per heavy atom. The van der Waals surface area contributed by atoms with E-state index in [0.717, 1.165) is 24.0 Å². The van der Waals surface area contributed by atoms with E-state index in [1.807, 2.05) is 36.9 Å². The second-order valence-corrected chi connectivity index (χ2v) is 9.90. The molecule has 2 amide bonds. The average Bonchev–Trinajstić information content (AvgIpc) is 3.16. The van der Waals surface area contributed by atoms with Crippen LogP contribution in [0, 0.1) is 0 Å². The fourth-order valence-corrected chi connectivity index (χ4v) is 5.00. The number of morpholine rings is 1. The predicted octanol–water partition coefficient (Wildman–Crippen LogP) is 2.98. The molecule has 35 heavy (non-hydrogen) atoms. The largest absolute Gasteiger partial charge is 0.381 e. The monoisotopic (exact) mass is 499 g/mol. The maximum Gasteiger partial charge on any atom is 0.254 e. The maximum atomic E-state index is 13.2. The van der Waals surface area contributed by atoms with Crippen LogP contribution in [-0.2, 0) is 20.8 Å². The van der Waals surface area contributed by atoms with E-state index in [9.17, 15) is 9.59 Å². The number of rotatable bonds is 5. The number of carbonyl (C=O) groups is 2. The third-order valence-corrected chi connectivity index (χ3v) is 7.09. The van der Waals surface area contributed by atoms with Crippen molar-refractivity contribution in [2.45, 2.75) is 51.4 Å². The number of nitrogens with one attached hydrogen (secondary N) is 1. The Labute approximate surface area is 209 Å². The summed E-state index contributed by atoms with van der Waals surface area (Å²) in [5.74, 6) is 0.288. The zero-order valence-electron chi connectivity index (χ0n) is 20.0. The van der Waals surface area contributed by atoms with Gasteiger partial charge in [0.1, 0.15) is 6.54 Å². The molecule has 4 heterocycles. The summed E-state index contributed by atoms with van der Waals surface area (Å²) in [5.41, 5.74) is 2.77. The number of nitrogens with zero attached hydrogens (tertiary/aromatic N) is 4. The van der Waals surface area contributed by atoms with Crippen molar-refractivity contribution in [3.8, 4) is 11.3 Å². The highest BCUT2D eigenvalue weighted by molar-refractivity contribution is 6.33. The van der Waals surface area contributed by atoms with Crippen molar-refractivity contribution in [2.24, 2.45) is 0 Å². The van der Waals surface area contributed by atoms with Gasteiger partial charge >= 0.3 is 0 Å². The Hall–Kier alpha value is -2.75. The molecule has 0 aliphatic carbocycles. The zero-order valence-corrected chi connectivity index (χ0v) is 20.8. The summed E-state index contributed by atoms with van der Waals surface area (Å²) >= 11 is 6.44. The molecular weight excluding hydrogens is 470 g/mol. The molecule has 1 aromatic heterocycles. The van der Waals surface area contributed by atoms with Crippen LogP contribution in [0.2, 0.25) is 5.02 Å². The zero-order chi connectivity index (χ0) is 24.5. The van der Waals surface area contributed by atoms with Crippen molar-refractivity contribution >= 4 is 29.4 Å². The SMILES string of the molecule is CC1CN(C(=O)CN2Cc3ccc(-c4nc(NC5CCOCC5)ncc4Cl)cc3C2=O)C(C)CO1. The molecule has 1 aromatic carbocycles. The summed E-state index contributed by atoms with van der Waals surface area (Å²) in [4.78, 5) is 38.5. The summed E-state index contributed by atoms with van der Waals surface area (Å²) < 4.78 is 11.0. The molecule has 10 heteroatoms. The minimum Gasteiger partial charge on any atom is -0.381 e. The van der Waals surface area contributed by atoms with Gasteiger partial charge in [0.15, 0.2) is 0 Å². The Balaban J connectivity index is 1.31. The Bertz CT molecular complexity index is 1120. The van der Waals surface area contributed by atoms with Crippen LogP contribution in [-0.4, -0.2) is 82.7 Å². The van der Waals surface area contributed by atoms with Crippen LogP contribution in [0.1, 0.15) is 42.6 Å². The molecule has 2 fully saturated rings. The van der Waals surface area contributed by atoms with Crippen LogP contribution < -0.4 is 5.32 Å². The van der Waals surface area contributed by atoms with Crippen LogP contribution in [0.4, 0.5) is 5.95 Å². The predicted molar refractivity (Wildman–Crippen MR) is 131 cm³/mol. The molecule has 2 unspecified atom stereocenters. The number of carbonyl (C=O) groups excluding carboxylic acids is 2. The van der Waals surface area contributed by atoms with Gasteiger partial charge in [-0.3, -0.25) is 9.59 Å². The topological polar surface area (TPSA) is 96.9 Å². The molecule has 3 aliphatic heterocycles. The molecule has 3 aliphatic rings. The van der Waals surface area contributed by atoms with Crippen LogP contribution in [0.15, 0.2) is 24.4 Å². The van der Waals surface area contributed by atoms with Crippen LogP contribution in [0.5, 0.6) is 0 Å². The van der Waals surface area contributed by atoms with Gasteiger partial charge in [0, 0.05) is 43.5 Å². The lowest BCUT2D eigenvalue weighted by atomic mass is 10.0. The van der Waals surface area contributed by atoms with Crippen LogP contribution in [0.3, 0.4) is 0 Å².